The van der Waals surface area contributed by atoms with Crippen molar-refractivity contribution in [3.8, 4) is 11.5 Å². The normalized spacial score (nSPS) is 20.4. The third kappa shape index (κ3) is 6.37. The van der Waals surface area contributed by atoms with E-state index in [0.29, 0.717) is 12.0 Å². The summed E-state index contributed by atoms with van der Waals surface area (Å²) in [4.78, 5) is 9.28. The van der Waals surface area contributed by atoms with Crippen LogP contribution in [0.4, 0.5) is 11.4 Å². The summed E-state index contributed by atoms with van der Waals surface area (Å²) in [6.07, 6.45) is 2.25. The van der Waals surface area contributed by atoms with E-state index in [1.165, 1.54) is 12.1 Å². The van der Waals surface area contributed by atoms with Gasteiger partial charge in [-0.25, -0.2) is 0 Å². The monoisotopic (exact) mass is 565 g/mol. The number of benzene rings is 2. The molecule has 2 saturated heterocycles. The van der Waals surface area contributed by atoms with Crippen molar-refractivity contribution >= 4 is 41.3 Å². The zero-order chi connectivity index (χ0) is 22.3. The molecule has 0 radical (unpaired) electrons. The number of nitrogens with one attached hydrogen (secondary N) is 2. The van der Waals surface area contributed by atoms with Crippen molar-refractivity contribution in [1.82, 2.24) is 10.6 Å². The minimum absolute atomic E-state index is 0. The van der Waals surface area contributed by atoms with Crippen LogP contribution in [0.3, 0.4) is 0 Å². The van der Waals surface area contributed by atoms with Gasteiger partial charge >= 0.3 is 0 Å². The minimum atomic E-state index is 0. The second-order valence-electron chi connectivity index (χ2n) is 8.50. The molecular weight excluding hydrogens is 529 g/mol. The van der Waals surface area contributed by atoms with Gasteiger partial charge in [0.2, 0.25) is 0 Å². The quantitative estimate of drug-likeness (QED) is 0.304. The maximum atomic E-state index is 5.54. The lowest BCUT2D eigenvalue weighted by molar-refractivity contribution is 0.414. The molecule has 7 nitrogen and oxygen atoms in total. The second-order valence-corrected chi connectivity index (χ2v) is 8.50. The van der Waals surface area contributed by atoms with Crippen molar-refractivity contribution in [2.75, 3.05) is 63.8 Å². The molecule has 2 aliphatic heterocycles. The van der Waals surface area contributed by atoms with E-state index in [4.69, 9.17) is 9.47 Å². The molecule has 0 aliphatic carbocycles. The van der Waals surface area contributed by atoms with Crippen LogP contribution in [0, 0.1) is 5.92 Å². The SMILES string of the molecule is CN=C(NCC1CCN(c2cccc(OC)c2)C1)NC1CCN(c2ccccc2OC)C1.I. The fraction of sp³-hybridized carbons (Fsp3) is 0.480. The van der Waals surface area contributed by atoms with Gasteiger partial charge in [0.05, 0.1) is 19.9 Å². The minimum Gasteiger partial charge on any atom is -0.497 e. The highest BCUT2D eigenvalue weighted by Gasteiger charge is 2.26. The van der Waals surface area contributed by atoms with E-state index in [0.717, 1.165) is 62.3 Å². The Labute approximate surface area is 214 Å². The molecule has 2 fully saturated rings. The maximum absolute atomic E-state index is 5.54. The number of nitrogens with zero attached hydrogens (tertiary/aromatic N) is 3. The van der Waals surface area contributed by atoms with Crippen LogP contribution in [0.5, 0.6) is 11.5 Å². The number of aliphatic imine (C=N–C) groups is 1. The Morgan fingerprint density at radius 3 is 2.61 bits per heavy atom. The Morgan fingerprint density at radius 1 is 1.00 bits per heavy atom. The molecule has 2 aliphatic rings. The van der Waals surface area contributed by atoms with Crippen LogP contribution in [0.1, 0.15) is 12.8 Å². The van der Waals surface area contributed by atoms with Crippen LogP contribution in [-0.4, -0.2) is 66.0 Å². The summed E-state index contributed by atoms with van der Waals surface area (Å²) >= 11 is 0. The van der Waals surface area contributed by atoms with Crippen molar-refractivity contribution in [2.24, 2.45) is 10.9 Å². The predicted molar refractivity (Wildman–Crippen MR) is 147 cm³/mol. The number of guanidine groups is 1. The molecule has 0 amide bonds. The van der Waals surface area contributed by atoms with Gasteiger partial charge in [0, 0.05) is 57.6 Å². The molecule has 2 aromatic rings. The third-order valence-corrected chi connectivity index (χ3v) is 6.44. The molecule has 2 aromatic carbocycles. The van der Waals surface area contributed by atoms with Gasteiger partial charge in [-0.1, -0.05) is 18.2 Å². The zero-order valence-corrected chi connectivity index (χ0v) is 22.1. The summed E-state index contributed by atoms with van der Waals surface area (Å²) in [5.74, 6) is 3.31. The summed E-state index contributed by atoms with van der Waals surface area (Å²) < 4.78 is 10.9. The second kappa shape index (κ2) is 12.2. The Bertz CT molecular complexity index is 925. The third-order valence-electron chi connectivity index (χ3n) is 6.44. The van der Waals surface area contributed by atoms with E-state index in [-0.39, 0.29) is 24.0 Å². The number of anilines is 2. The number of methoxy groups -OCH3 is 2. The largest absolute Gasteiger partial charge is 0.497 e. The first-order valence-electron chi connectivity index (χ1n) is 11.4. The molecule has 0 saturated carbocycles. The van der Waals surface area contributed by atoms with Gasteiger partial charge in [0.1, 0.15) is 11.5 Å². The van der Waals surface area contributed by atoms with E-state index in [1.807, 2.05) is 25.2 Å². The fourth-order valence-electron chi connectivity index (χ4n) is 4.66. The van der Waals surface area contributed by atoms with Gasteiger partial charge in [-0.15, -0.1) is 24.0 Å². The number of halogens is 1. The van der Waals surface area contributed by atoms with E-state index in [2.05, 4.69) is 55.8 Å². The van der Waals surface area contributed by atoms with E-state index >= 15 is 0 Å². The molecular formula is C25H36IN5O2. The summed E-state index contributed by atoms with van der Waals surface area (Å²) in [5.41, 5.74) is 2.39. The molecule has 0 bridgehead atoms. The first-order valence-corrected chi connectivity index (χ1v) is 11.4. The lowest BCUT2D eigenvalue weighted by Gasteiger charge is -2.23. The highest BCUT2D eigenvalue weighted by Crippen LogP contribution is 2.30. The highest BCUT2D eigenvalue weighted by molar-refractivity contribution is 14.0. The first kappa shape index (κ1) is 25.3. The molecule has 0 spiro atoms. The summed E-state index contributed by atoms with van der Waals surface area (Å²) in [5, 5.41) is 7.17. The number of hydrogen-bond acceptors (Lipinski definition) is 5. The average molecular weight is 566 g/mol. The smallest absolute Gasteiger partial charge is 0.191 e. The van der Waals surface area contributed by atoms with Gasteiger partial charge in [0.15, 0.2) is 5.96 Å². The topological polar surface area (TPSA) is 61.4 Å². The Balaban J connectivity index is 0.00000306. The Kier molecular flexibility index (Phi) is 9.34. The van der Waals surface area contributed by atoms with Crippen molar-refractivity contribution in [2.45, 2.75) is 18.9 Å². The van der Waals surface area contributed by atoms with Gasteiger partial charge in [-0.2, -0.15) is 0 Å². The zero-order valence-electron chi connectivity index (χ0n) is 19.8. The maximum Gasteiger partial charge on any atom is 0.191 e. The van der Waals surface area contributed by atoms with Gasteiger partial charge in [-0.05, 0) is 43.0 Å². The molecule has 33 heavy (non-hydrogen) atoms. The summed E-state index contributed by atoms with van der Waals surface area (Å²) in [7, 11) is 5.29. The van der Waals surface area contributed by atoms with Crippen LogP contribution >= 0.6 is 24.0 Å². The molecule has 4 rings (SSSR count). The summed E-state index contributed by atoms with van der Waals surface area (Å²) in [6, 6.07) is 16.9. The number of rotatable bonds is 7. The summed E-state index contributed by atoms with van der Waals surface area (Å²) in [6.45, 7) is 4.98. The number of ether oxygens (including phenoxy) is 2. The number of para-hydroxylation sites is 2. The van der Waals surface area contributed by atoms with Crippen LogP contribution in [0.2, 0.25) is 0 Å². The van der Waals surface area contributed by atoms with Crippen LogP contribution in [-0.2, 0) is 0 Å². The van der Waals surface area contributed by atoms with Crippen LogP contribution in [0.25, 0.3) is 0 Å². The lowest BCUT2D eigenvalue weighted by Crippen LogP contribution is -2.46. The van der Waals surface area contributed by atoms with Gasteiger partial charge in [-0.3, -0.25) is 4.99 Å². The highest BCUT2D eigenvalue weighted by atomic mass is 127. The molecule has 8 heteroatoms. The average Bonchev–Trinajstić information content (AvgIpc) is 3.51. The molecule has 2 atom stereocenters. The van der Waals surface area contributed by atoms with E-state index in [1.54, 1.807) is 14.2 Å². The molecule has 0 aromatic heterocycles. The Morgan fingerprint density at radius 2 is 1.82 bits per heavy atom. The molecule has 2 unspecified atom stereocenters. The fourth-order valence-corrected chi connectivity index (χ4v) is 4.66. The van der Waals surface area contributed by atoms with Crippen molar-refractivity contribution in [1.29, 1.82) is 0 Å². The number of hydrogen-bond donors (Lipinski definition) is 2. The van der Waals surface area contributed by atoms with E-state index < -0.39 is 0 Å². The van der Waals surface area contributed by atoms with Crippen LogP contribution < -0.4 is 29.9 Å². The molecule has 2 heterocycles. The Hall–Kier alpha value is -2.36. The first-order chi connectivity index (χ1) is 15.7. The van der Waals surface area contributed by atoms with Crippen molar-refractivity contribution in [3.05, 3.63) is 48.5 Å². The van der Waals surface area contributed by atoms with Gasteiger partial charge in [0.25, 0.3) is 0 Å². The van der Waals surface area contributed by atoms with Crippen molar-refractivity contribution < 1.29 is 9.47 Å². The standard InChI is InChI=1S/C25H35N5O2.HI/c1-26-25(28-20-12-14-30(18-20)23-9-4-5-10-24(23)32-3)27-16-19-11-13-29(17-19)21-7-6-8-22(15-21)31-2;/h4-10,15,19-20H,11-14,16-18H2,1-3H3,(H2,26,27,28);1H. The molecule has 2 N–H and O–H groups in total. The molecule has 180 valence electrons. The van der Waals surface area contributed by atoms with Crippen molar-refractivity contribution in [3.63, 3.8) is 0 Å². The lowest BCUT2D eigenvalue weighted by atomic mass is 10.1. The predicted octanol–water partition coefficient (Wildman–Crippen LogP) is 3.59. The van der Waals surface area contributed by atoms with E-state index in [9.17, 15) is 0 Å². The van der Waals surface area contributed by atoms with Gasteiger partial charge < -0.3 is 29.9 Å². The van der Waals surface area contributed by atoms with Crippen LogP contribution in [0.15, 0.2) is 53.5 Å².